The molecule has 110 valence electrons. The van der Waals surface area contributed by atoms with Crippen molar-refractivity contribution in [1.29, 1.82) is 0 Å². The van der Waals surface area contributed by atoms with E-state index in [0.717, 1.165) is 25.9 Å². The van der Waals surface area contributed by atoms with Crippen molar-refractivity contribution in [3.63, 3.8) is 0 Å². The molecule has 3 N–H and O–H groups in total. The lowest BCUT2D eigenvalue weighted by Gasteiger charge is -2.26. The topological polar surface area (TPSA) is 58.4 Å². The van der Waals surface area contributed by atoms with Crippen molar-refractivity contribution >= 4 is 5.91 Å². The van der Waals surface area contributed by atoms with Crippen LogP contribution in [0.4, 0.5) is 0 Å². The summed E-state index contributed by atoms with van der Waals surface area (Å²) in [5.74, 6) is -0.263. The first-order valence-electron chi connectivity index (χ1n) is 7.40. The first kappa shape index (κ1) is 15.0. The molecule has 4 heteroatoms. The van der Waals surface area contributed by atoms with E-state index in [0.29, 0.717) is 6.54 Å². The molecule has 0 aliphatic carbocycles. The lowest BCUT2D eigenvalue weighted by atomic mass is 10.0. The van der Waals surface area contributed by atoms with Crippen LogP contribution in [0.15, 0.2) is 24.3 Å². The molecular weight excluding hydrogens is 250 g/mol. The van der Waals surface area contributed by atoms with Crippen LogP contribution in [0.2, 0.25) is 0 Å². The Kier molecular flexibility index (Phi) is 5.15. The first-order chi connectivity index (χ1) is 9.56. The average molecular weight is 275 g/mol. The van der Waals surface area contributed by atoms with Gasteiger partial charge in [0.1, 0.15) is 0 Å². The van der Waals surface area contributed by atoms with Crippen LogP contribution in [0.3, 0.4) is 0 Å². The van der Waals surface area contributed by atoms with E-state index in [-0.39, 0.29) is 18.0 Å². The van der Waals surface area contributed by atoms with Crippen LogP contribution < -0.4 is 11.1 Å². The van der Waals surface area contributed by atoms with Crippen LogP contribution in [0.5, 0.6) is 0 Å². The number of hydrogen-bond donors (Lipinski definition) is 2. The molecule has 1 unspecified atom stereocenters. The molecule has 0 aromatic heterocycles. The van der Waals surface area contributed by atoms with Crippen LogP contribution in [-0.4, -0.2) is 42.5 Å². The van der Waals surface area contributed by atoms with Gasteiger partial charge in [-0.05, 0) is 24.0 Å². The summed E-state index contributed by atoms with van der Waals surface area (Å²) in [7, 11) is 0. The number of hydrogen-bond acceptors (Lipinski definition) is 3. The summed E-state index contributed by atoms with van der Waals surface area (Å²) >= 11 is 0. The molecule has 1 aromatic rings. The number of nitrogens with two attached hydrogens (primary N) is 1. The van der Waals surface area contributed by atoms with Gasteiger partial charge in [0.2, 0.25) is 5.91 Å². The normalized spacial score (nSPS) is 17.6. The predicted octanol–water partition coefficient (Wildman–Crippen LogP) is 0.939. The maximum absolute atomic E-state index is 11.5. The maximum Gasteiger partial charge on any atom is 0.235 e. The van der Waals surface area contributed by atoms with E-state index < -0.39 is 0 Å². The Labute approximate surface area is 121 Å². The van der Waals surface area contributed by atoms with E-state index in [1.165, 1.54) is 11.1 Å². The van der Waals surface area contributed by atoms with Crippen molar-refractivity contribution < 1.29 is 4.79 Å². The number of fused-ring (bicyclic) bond motifs is 1. The largest absolute Gasteiger partial charge is 0.368 e. The van der Waals surface area contributed by atoms with Crippen molar-refractivity contribution in [1.82, 2.24) is 10.2 Å². The minimum Gasteiger partial charge on any atom is -0.368 e. The highest BCUT2D eigenvalue weighted by atomic mass is 16.1. The monoisotopic (exact) mass is 275 g/mol. The highest BCUT2D eigenvalue weighted by Crippen LogP contribution is 2.15. The Bertz CT molecular complexity index is 432. The molecule has 1 atom stereocenters. The second-order valence-electron chi connectivity index (χ2n) is 5.85. The van der Waals surface area contributed by atoms with E-state index >= 15 is 0 Å². The van der Waals surface area contributed by atoms with E-state index in [9.17, 15) is 4.79 Å². The molecule has 4 nitrogen and oxygen atoms in total. The fourth-order valence-electron chi connectivity index (χ4n) is 2.78. The van der Waals surface area contributed by atoms with Gasteiger partial charge >= 0.3 is 0 Å². The van der Waals surface area contributed by atoms with Crippen LogP contribution in [0.25, 0.3) is 0 Å². The number of nitrogens with one attached hydrogen (secondary N) is 1. The van der Waals surface area contributed by atoms with Gasteiger partial charge < -0.3 is 16.0 Å². The Hall–Kier alpha value is -1.39. The second-order valence-corrected chi connectivity index (χ2v) is 5.85. The second kappa shape index (κ2) is 6.86. The maximum atomic E-state index is 11.5. The van der Waals surface area contributed by atoms with E-state index in [2.05, 4.69) is 34.5 Å². The molecule has 0 saturated heterocycles. The smallest absolute Gasteiger partial charge is 0.235 e. The lowest BCUT2D eigenvalue weighted by molar-refractivity contribution is -0.120. The van der Waals surface area contributed by atoms with E-state index in [1.807, 2.05) is 13.8 Å². The third-order valence-electron chi connectivity index (χ3n) is 3.83. The summed E-state index contributed by atoms with van der Waals surface area (Å²) in [5.41, 5.74) is 8.36. The van der Waals surface area contributed by atoms with Crippen molar-refractivity contribution in [2.24, 2.45) is 5.73 Å². The van der Waals surface area contributed by atoms with E-state index in [4.69, 9.17) is 5.73 Å². The van der Waals surface area contributed by atoms with Gasteiger partial charge in [0.15, 0.2) is 0 Å². The predicted molar refractivity (Wildman–Crippen MR) is 81.5 cm³/mol. The lowest BCUT2D eigenvalue weighted by Crippen LogP contribution is -2.51. The van der Waals surface area contributed by atoms with Crippen molar-refractivity contribution in [2.45, 2.75) is 38.8 Å². The third-order valence-corrected chi connectivity index (χ3v) is 3.83. The number of carbonyl (C=O) groups excluding carboxylic acids is 1. The highest BCUT2D eigenvalue weighted by Gasteiger charge is 2.21. The van der Waals surface area contributed by atoms with Gasteiger partial charge in [0.25, 0.3) is 0 Å². The summed E-state index contributed by atoms with van der Waals surface area (Å²) in [4.78, 5) is 13.9. The number of benzene rings is 1. The first-order valence-corrected chi connectivity index (χ1v) is 7.40. The van der Waals surface area contributed by atoms with Gasteiger partial charge in [-0.3, -0.25) is 4.79 Å². The van der Waals surface area contributed by atoms with E-state index in [1.54, 1.807) is 0 Å². The van der Waals surface area contributed by atoms with Gasteiger partial charge in [-0.2, -0.15) is 0 Å². The standard InChI is InChI=1S/C16H25N3O/c1-12(2)18-15(16(17)20)11-19-9-7-13-5-3-4-6-14(13)8-10-19/h3-6,12,15,18H,7-11H2,1-2H3,(H2,17,20). The molecule has 2 rings (SSSR count). The molecule has 1 aromatic carbocycles. The van der Waals surface area contributed by atoms with Crippen LogP contribution in [0.1, 0.15) is 25.0 Å². The molecule has 0 radical (unpaired) electrons. The number of amides is 1. The minimum atomic E-state index is -0.267. The van der Waals surface area contributed by atoms with Crippen molar-refractivity contribution in [3.8, 4) is 0 Å². The Morgan fingerprint density at radius 2 is 1.80 bits per heavy atom. The summed E-state index contributed by atoms with van der Waals surface area (Å²) in [6.07, 6.45) is 2.09. The molecule has 1 aliphatic heterocycles. The van der Waals surface area contributed by atoms with Crippen molar-refractivity contribution in [2.75, 3.05) is 19.6 Å². The van der Waals surface area contributed by atoms with Gasteiger partial charge in [-0.15, -0.1) is 0 Å². The fraction of sp³-hybridized carbons (Fsp3) is 0.562. The Balaban J connectivity index is 1.96. The van der Waals surface area contributed by atoms with Crippen LogP contribution in [0, 0.1) is 0 Å². The fourth-order valence-corrected chi connectivity index (χ4v) is 2.78. The SMILES string of the molecule is CC(C)NC(CN1CCc2ccccc2CC1)C(N)=O. The average Bonchev–Trinajstić information content (AvgIpc) is 2.60. The van der Waals surface area contributed by atoms with Gasteiger partial charge in [-0.1, -0.05) is 38.1 Å². The zero-order valence-electron chi connectivity index (χ0n) is 12.4. The summed E-state index contributed by atoms with van der Waals surface area (Å²) in [6, 6.07) is 8.60. The van der Waals surface area contributed by atoms with Crippen molar-refractivity contribution in [3.05, 3.63) is 35.4 Å². The molecule has 0 bridgehead atoms. The van der Waals surface area contributed by atoms with Gasteiger partial charge in [0, 0.05) is 25.7 Å². The molecule has 1 aliphatic rings. The summed E-state index contributed by atoms with van der Waals surface area (Å²) < 4.78 is 0. The summed E-state index contributed by atoms with van der Waals surface area (Å²) in [6.45, 7) is 6.74. The number of primary amides is 1. The third kappa shape index (κ3) is 4.05. The Morgan fingerprint density at radius 3 is 2.25 bits per heavy atom. The van der Waals surface area contributed by atoms with Gasteiger partial charge in [-0.25, -0.2) is 0 Å². The van der Waals surface area contributed by atoms with Crippen LogP contribution in [-0.2, 0) is 17.6 Å². The molecule has 0 spiro atoms. The number of carbonyl (C=O) groups is 1. The molecule has 0 saturated carbocycles. The molecule has 20 heavy (non-hydrogen) atoms. The molecule has 0 fully saturated rings. The quantitative estimate of drug-likeness (QED) is 0.841. The number of nitrogens with zero attached hydrogens (tertiary/aromatic N) is 1. The zero-order valence-corrected chi connectivity index (χ0v) is 12.4. The minimum absolute atomic E-state index is 0.261. The highest BCUT2D eigenvalue weighted by molar-refractivity contribution is 5.80. The molecular formula is C16H25N3O. The zero-order chi connectivity index (χ0) is 14.5. The number of rotatable bonds is 5. The van der Waals surface area contributed by atoms with Crippen LogP contribution >= 0.6 is 0 Å². The molecule has 1 heterocycles. The molecule has 1 amide bonds. The van der Waals surface area contributed by atoms with Gasteiger partial charge in [0.05, 0.1) is 6.04 Å². The summed E-state index contributed by atoms with van der Waals surface area (Å²) in [5, 5.41) is 3.25. The Morgan fingerprint density at radius 1 is 1.25 bits per heavy atom.